The normalized spacial score (nSPS) is 17.9. The minimum absolute atomic E-state index is 0.107. The van der Waals surface area contributed by atoms with E-state index in [1.165, 1.54) is 0 Å². The minimum Gasteiger partial charge on any atom is -0.351 e. The third-order valence-electron chi connectivity index (χ3n) is 7.00. The van der Waals surface area contributed by atoms with E-state index in [-0.39, 0.29) is 11.9 Å². The lowest BCUT2D eigenvalue weighted by Gasteiger charge is -2.13. The molecular formula is C36H43N7O. The van der Waals surface area contributed by atoms with Crippen LogP contribution in [0.1, 0.15) is 47.9 Å². The average Bonchev–Trinajstić information content (AvgIpc) is 3.34. The lowest BCUT2D eigenvalue weighted by Crippen LogP contribution is -2.28. The number of nitrogens with zero attached hydrogens (tertiary/aromatic N) is 4. The van der Waals surface area contributed by atoms with Gasteiger partial charge >= 0.3 is 0 Å². The largest absolute Gasteiger partial charge is 0.351 e. The maximum Gasteiger partial charge on any atom is 0.259 e. The highest BCUT2D eigenvalue weighted by Crippen LogP contribution is 2.07. The van der Waals surface area contributed by atoms with E-state index in [1.54, 1.807) is 6.08 Å². The molecule has 3 N–H and O–H groups in total. The highest BCUT2D eigenvalue weighted by Gasteiger charge is 2.08. The summed E-state index contributed by atoms with van der Waals surface area (Å²) in [4.78, 5) is 31.0. The maximum absolute atomic E-state index is 12.4. The van der Waals surface area contributed by atoms with Crippen molar-refractivity contribution in [2.75, 3.05) is 52.4 Å². The van der Waals surface area contributed by atoms with E-state index in [4.69, 9.17) is 4.99 Å². The molecule has 7 rings (SSSR count). The van der Waals surface area contributed by atoms with Crippen LogP contribution in [0.25, 0.3) is 0 Å². The zero-order chi connectivity index (χ0) is 30.5. The Bertz CT molecular complexity index is 1410. The number of benzene rings is 2. The number of amides is 1. The second-order valence-corrected chi connectivity index (χ2v) is 10.6. The smallest absolute Gasteiger partial charge is 0.259 e. The fourth-order valence-corrected chi connectivity index (χ4v) is 4.51. The van der Waals surface area contributed by atoms with Crippen molar-refractivity contribution in [3.05, 3.63) is 94.6 Å². The van der Waals surface area contributed by atoms with Crippen molar-refractivity contribution in [3.8, 4) is 11.8 Å². The number of hydrogen-bond acceptors (Lipinski definition) is 7. The van der Waals surface area contributed by atoms with Crippen LogP contribution in [0.15, 0.2) is 92.3 Å². The molecule has 8 heteroatoms. The van der Waals surface area contributed by atoms with Crippen molar-refractivity contribution in [3.63, 3.8) is 0 Å². The van der Waals surface area contributed by atoms with Gasteiger partial charge in [-0.05, 0) is 47.6 Å². The van der Waals surface area contributed by atoms with Crippen LogP contribution < -0.4 is 16.0 Å². The molecule has 1 amide bonds. The van der Waals surface area contributed by atoms with Gasteiger partial charge < -0.3 is 16.0 Å². The van der Waals surface area contributed by atoms with Crippen molar-refractivity contribution in [2.24, 2.45) is 20.0 Å². The number of allylic oxidation sites excluding steroid dienone is 3. The molecular weight excluding hydrogens is 546 g/mol. The molecule has 1 atom stereocenters. The van der Waals surface area contributed by atoms with Gasteiger partial charge in [0.1, 0.15) is 0 Å². The summed E-state index contributed by atoms with van der Waals surface area (Å²) in [5.74, 6) is 5.80. The second kappa shape index (κ2) is 19.7. The molecule has 1 unspecified atom stereocenters. The number of nitrogens with one attached hydrogen (secondary N) is 3. The van der Waals surface area contributed by atoms with Crippen LogP contribution in [0.5, 0.6) is 0 Å². The van der Waals surface area contributed by atoms with Crippen LogP contribution in [0, 0.1) is 11.8 Å². The standard InChI is InChI=1S/C36H43N7O/c44-36(34-7-3-1-2-4-8-34)42-18-6-5-9-35-29-41-24-23-40-27-31-12-10-30(11-13-31)25-38-21-19-37-20-22-39-26-32-14-16-33(17-15-32)28-43-35/h1,3,7,10-17,25-28,35,37,41H,2,5-6,9,18-24,29H2,(H,42,44). The Hall–Kier alpha value is -4.45. The van der Waals surface area contributed by atoms with E-state index in [0.717, 1.165) is 80.8 Å². The predicted molar refractivity (Wildman–Crippen MR) is 184 cm³/mol. The number of hydrogen-bond donors (Lipinski definition) is 3. The third kappa shape index (κ3) is 12.8. The van der Waals surface area contributed by atoms with Crippen molar-refractivity contribution < 1.29 is 4.79 Å². The summed E-state index contributed by atoms with van der Waals surface area (Å²) >= 11 is 0. The van der Waals surface area contributed by atoms with Crippen molar-refractivity contribution in [2.45, 2.75) is 31.7 Å². The van der Waals surface area contributed by atoms with E-state index in [0.29, 0.717) is 25.1 Å². The molecule has 44 heavy (non-hydrogen) atoms. The Morgan fingerprint density at radius 3 is 1.95 bits per heavy atom. The molecule has 0 radical (unpaired) electrons. The number of rotatable bonds is 6. The minimum atomic E-state index is -0.107. The average molecular weight is 590 g/mol. The Labute approximate surface area is 261 Å². The summed E-state index contributed by atoms with van der Waals surface area (Å²) in [6, 6.07) is 16.7. The lowest BCUT2D eigenvalue weighted by atomic mass is 10.1. The number of carbonyl (C=O) groups is 1. The Morgan fingerprint density at radius 2 is 1.34 bits per heavy atom. The zero-order valence-electron chi connectivity index (χ0n) is 25.4. The molecule has 8 nitrogen and oxygen atoms in total. The monoisotopic (exact) mass is 589 g/mol. The number of carbonyl (C=O) groups excluding carboxylic acids is 1. The number of aliphatic imine (C=N–C) groups is 4. The van der Waals surface area contributed by atoms with E-state index >= 15 is 0 Å². The van der Waals surface area contributed by atoms with Gasteiger partial charge in [0.15, 0.2) is 0 Å². The molecule has 0 fully saturated rings. The number of unbranched alkanes of at least 4 members (excludes halogenated alkanes) is 1. The summed E-state index contributed by atoms with van der Waals surface area (Å²) in [5.41, 5.74) is 4.81. The van der Waals surface area contributed by atoms with E-state index in [2.05, 4.69) is 91.3 Å². The molecule has 4 aliphatic heterocycles. The first-order chi connectivity index (χ1) is 21.8. The molecule has 5 aliphatic rings. The predicted octanol–water partition coefficient (Wildman–Crippen LogP) is 3.80. The first-order valence-corrected chi connectivity index (χ1v) is 15.5. The topological polar surface area (TPSA) is 103 Å². The van der Waals surface area contributed by atoms with Crippen molar-refractivity contribution in [1.82, 2.24) is 16.0 Å². The molecule has 0 spiro atoms. The maximum atomic E-state index is 12.4. The second-order valence-electron chi connectivity index (χ2n) is 10.6. The van der Waals surface area contributed by atoms with Crippen LogP contribution in [-0.2, 0) is 4.79 Å². The molecule has 228 valence electrons. The van der Waals surface area contributed by atoms with Gasteiger partial charge in [0, 0.05) is 64.0 Å². The fourth-order valence-electron chi connectivity index (χ4n) is 4.51. The van der Waals surface area contributed by atoms with Gasteiger partial charge in [-0.25, -0.2) is 0 Å². The van der Waals surface area contributed by atoms with Gasteiger partial charge in [-0.3, -0.25) is 24.8 Å². The molecule has 0 aromatic heterocycles. The summed E-state index contributed by atoms with van der Waals surface area (Å²) in [6.07, 6.45) is 16.7. The summed E-state index contributed by atoms with van der Waals surface area (Å²) in [7, 11) is 0. The SMILES string of the molecule is O=C(NCCCCC1CNCCN=Cc2ccc(cc2)C=NCCNCCN=Cc2ccc(cc2)C=N1)C1=CC=CCC#C1. The fraction of sp³-hybridized carbons (Fsp3) is 0.361. The molecule has 2 aromatic rings. The van der Waals surface area contributed by atoms with Gasteiger partial charge in [-0.15, -0.1) is 0 Å². The molecule has 0 saturated heterocycles. The Balaban J connectivity index is 1.31. The van der Waals surface area contributed by atoms with Crippen LogP contribution in [0.4, 0.5) is 0 Å². The third-order valence-corrected chi connectivity index (χ3v) is 7.00. The van der Waals surface area contributed by atoms with Gasteiger partial charge in [0.25, 0.3) is 5.91 Å². The molecule has 0 saturated carbocycles. The van der Waals surface area contributed by atoms with Gasteiger partial charge in [0.05, 0.1) is 31.2 Å². The van der Waals surface area contributed by atoms with Gasteiger partial charge in [-0.1, -0.05) is 72.5 Å². The van der Waals surface area contributed by atoms with E-state index in [1.807, 2.05) is 37.0 Å². The van der Waals surface area contributed by atoms with Crippen molar-refractivity contribution >= 4 is 30.8 Å². The lowest BCUT2D eigenvalue weighted by molar-refractivity contribution is -0.117. The van der Waals surface area contributed by atoms with Crippen LogP contribution >= 0.6 is 0 Å². The molecule has 4 heterocycles. The van der Waals surface area contributed by atoms with E-state index < -0.39 is 0 Å². The van der Waals surface area contributed by atoms with Crippen molar-refractivity contribution in [1.29, 1.82) is 0 Å². The molecule has 2 aromatic carbocycles. The van der Waals surface area contributed by atoms with Gasteiger partial charge in [-0.2, -0.15) is 0 Å². The quantitative estimate of drug-likeness (QED) is 0.353. The summed E-state index contributed by atoms with van der Waals surface area (Å²) in [6.45, 7) is 5.93. The van der Waals surface area contributed by atoms with E-state index in [9.17, 15) is 4.79 Å². The van der Waals surface area contributed by atoms with Crippen LogP contribution in [-0.4, -0.2) is 89.2 Å². The molecule has 4 bridgehead atoms. The summed E-state index contributed by atoms with van der Waals surface area (Å²) < 4.78 is 0. The summed E-state index contributed by atoms with van der Waals surface area (Å²) in [5, 5.41) is 9.91. The first kappa shape index (κ1) is 32.5. The van der Waals surface area contributed by atoms with Gasteiger partial charge in [0.2, 0.25) is 0 Å². The highest BCUT2D eigenvalue weighted by molar-refractivity contribution is 5.98. The Kier molecular flexibility index (Phi) is 14.5. The van der Waals surface area contributed by atoms with Crippen LogP contribution in [0.2, 0.25) is 0 Å². The molecule has 1 aliphatic carbocycles. The first-order valence-electron chi connectivity index (χ1n) is 15.5. The zero-order valence-corrected chi connectivity index (χ0v) is 25.4. The van der Waals surface area contributed by atoms with Crippen LogP contribution in [0.3, 0.4) is 0 Å². The highest BCUT2D eigenvalue weighted by atomic mass is 16.1. The Morgan fingerprint density at radius 1 is 0.773 bits per heavy atom.